The van der Waals surface area contributed by atoms with Crippen molar-refractivity contribution in [3.05, 3.63) is 0 Å². The van der Waals surface area contributed by atoms with E-state index >= 15 is 0 Å². The fraction of sp³-hybridized carbons (Fsp3) is 1.00. The summed E-state index contributed by atoms with van der Waals surface area (Å²) in [5, 5.41) is 3.74. The van der Waals surface area contributed by atoms with Crippen molar-refractivity contribution in [2.75, 3.05) is 13.7 Å². The molecule has 1 N–H and O–H groups in total. The average molecular weight is 211 g/mol. The van der Waals surface area contributed by atoms with Crippen LogP contribution in [0, 0.1) is 11.3 Å². The molecule has 0 spiro atoms. The van der Waals surface area contributed by atoms with E-state index in [9.17, 15) is 0 Å². The van der Waals surface area contributed by atoms with Crippen LogP contribution >= 0.6 is 0 Å². The summed E-state index contributed by atoms with van der Waals surface area (Å²) in [7, 11) is 1.83. The number of rotatable bonds is 4. The molecule has 0 radical (unpaired) electrons. The minimum atomic E-state index is 0.327. The van der Waals surface area contributed by atoms with Gasteiger partial charge in [-0.2, -0.15) is 0 Å². The molecule has 15 heavy (non-hydrogen) atoms. The van der Waals surface area contributed by atoms with Gasteiger partial charge in [0.2, 0.25) is 0 Å². The summed E-state index contributed by atoms with van der Waals surface area (Å²) in [6, 6.07) is 0.669. The SMILES string of the molecule is COC1CC(NCC2CCCC2)C1(C)C. The van der Waals surface area contributed by atoms with E-state index in [1.807, 2.05) is 7.11 Å². The Morgan fingerprint density at radius 3 is 2.47 bits per heavy atom. The maximum absolute atomic E-state index is 5.46. The second kappa shape index (κ2) is 4.42. The van der Waals surface area contributed by atoms with Gasteiger partial charge in [0.1, 0.15) is 0 Å². The molecule has 2 rings (SSSR count). The predicted molar refractivity (Wildman–Crippen MR) is 62.9 cm³/mol. The zero-order valence-electron chi connectivity index (χ0n) is 10.4. The van der Waals surface area contributed by atoms with Gasteiger partial charge in [-0.25, -0.2) is 0 Å². The van der Waals surface area contributed by atoms with E-state index in [2.05, 4.69) is 19.2 Å². The van der Waals surface area contributed by atoms with Crippen LogP contribution in [0.4, 0.5) is 0 Å². The fourth-order valence-electron chi connectivity index (χ4n) is 3.16. The highest BCUT2D eigenvalue weighted by Crippen LogP contribution is 2.42. The van der Waals surface area contributed by atoms with Gasteiger partial charge in [0, 0.05) is 18.6 Å². The first-order valence-electron chi connectivity index (χ1n) is 6.40. The van der Waals surface area contributed by atoms with Crippen molar-refractivity contribution >= 4 is 0 Å². The maximum atomic E-state index is 5.46. The standard InChI is InChI=1S/C13H25NO/c1-13(2)11(8-12(13)15-3)14-9-10-6-4-5-7-10/h10-12,14H,4-9H2,1-3H3. The Hall–Kier alpha value is -0.0800. The number of nitrogens with one attached hydrogen (secondary N) is 1. The quantitative estimate of drug-likeness (QED) is 0.771. The first-order valence-corrected chi connectivity index (χ1v) is 6.40. The topological polar surface area (TPSA) is 21.3 Å². The van der Waals surface area contributed by atoms with E-state index in [-0.39, 0.29) is 0 Å². The summed E-state index contributed by atoms with van der Waals surface area (Å²) in [6.07, 6.45) is 7.42. The van der Waals surface area contributed by atoms with Crippen molar-refractivity contribution in [3.63, 3.8) is 0 Å². The number of methoxy groups -OCH3 is 1. The molecule has 0 bridgehead atoms. The lowest BCUT2D eigenvalue weighted by atomic mass is 9.64. The Morgan fingerprint density at radius 2 is 1.93 bits per heavy atom. The van der Waals surface area contributed by atoms with Crippen LogP contribution in [0.1, 0.15) is 46.0 Å². The molecule has 0 aromatic rings. The van der Waals surface area contributed by atoms with Crippen molar-refractivity contribution in [1.82, 2.24) is 5.32 Å². The lowest BCUT2D eigenvalue weighted by Crippen LogP contribution is -2.61. The molecule has 0 aromatic heterocycles. The van der Waals surface area contributed by atoms with Gasteiger partial charge >= 0.3 is 0 Å². The molecule has 2 saturated carbocycles. The van der Waals surface area contributed by atoms with Crippen LogP contribution < -0.4 is 5.32 Å². The largest absolute Gasteiger partial charge is 0.381 e. The lowest BCUT2D eigenvalue weighted by Gasteiger charge is -2.51. The smallest absolute Gasteiger partial charge is 0.0652 e. The van der Waals surface area contributed by atoms with Gasteiger partial charge in [-0.3, -0.25) is 0 Å². The van der Waals surface area contributed by atoms with Crippen LogP contribution in [0.25, 0.3) is 0 Å². The molecular formula is C13H25NO. The first-order chi connectivity index (χ1) is 7.14. The first kappa shape index (κ1) is 11.4. The van der Waals surface area contributed by atoms with Gasteiger partial charge in [-0.15, -0.1) is 0 Å². The van der Waals surface area contributed by atoms with Gasteiger partial charge in [0.05, 0.1) is 6.10 Å². The molecule has 2 aliphatic rings. The molecule has 2 aliphatic carbocycles. The minimum absolute atomic E-state index is 0.327. The second-order valence-electron chi connectivity index (χ2n) is 5.89. The van der Waals surface area contributed by atoms with Crippen LogP contribution in [0.15, 0.2) is 0 Å². The van der Waals surface area contributed by atoms with Crippen LogP contribution in [-0.4, -0.2) is 25.8 Å². The molecular weight excluding hydrogens is 186 g/mol. The molecule has 2 fully saturated rings. The maximum Gasteiger partial charge on any atom is 0.0652 e. The van der Waals surface area contributed by atoms with Crippen LogP contribution in [0.3, 0.4) is 0 Å². The van der Waals surface area contributed by atoms with Crippen molar-refractivity contribution in [1.29, 1.82) is 0 Å². The van der Waals surface area contributed by atoms with Crippen LogP contribution in [-0.2, 0) is 4.74 Å². The Labute approximate surface area is 93.8 Å². The van der Waals surface area contributed by atoms with Crippen LogP contribution in [0.2, 0.25) is 0 Å². The molecule has 2 unspecified atom stereocenters. The third-order valence-electron chi connectivity index (χ3n) is 4.59. The zero-order chi connectivity index (χ0) is 10.9. The molecule has 2 nitrogen and oxygen atoms in total. The normalized spacial score (nSPS) is 35.4. The highest BCUT2D eigenvalue weighted by atomic mass is 16.5. The van der Waals surface area contributed by atoms with Gasteiger partial charge in [-0.05, 0) is 31.7 Å². The van der Waals surface area contributed by atoms with Crippen molar-refractivity contribution in [3.8, 4) is 0 Å². The summed E-state index contributed by atoms with van der Waals surface area (Å²) in [5.41, 5.74) is 0.327. The third-order valence-corrected chi connectivity index (χ3v) is 4.59. The molecule has 0 heterocycles. The fourth-order valence-corrected chi connectivity index (χ4v) is 3.16. The highest BCUT2D eigenvalue weighted by molar-refractivity contribution is 5.02. The number of hydrogen-bond donors (Lipinski definition) is 1. The van der Waals surface area contributed by atoms with Gasteiger partial charge in [-0.1, -0.05) is 26.7 Å². The molecule has 2 atom stereocenters. The predicted octanol–water partition coefficient (Wildman–Crippen LogP) is 2.58. The summed E-state index contributed by atoms with van der Waals surface area (Å²) in [5.74, 6) is 0.947. The van der Waals surface area contributed by atoms with Gasteiger partial charge in [0.25, 0.3) is 0 Å². The molecule has 88 valence electrons. The Bertz CT molecular complexity index is 209. The molecule has 2 heteroatoms. The second-order valence-corrected chi connectivity index (χ2v) is 5.89. The Balaban J connectivity index is 1.72. The van der Waals surface area contributed by atoms with Crippen molar-refractivity contribution in [2.24, 2.45) is 11.3 Å². The summed E-state index contributed by atoms with van der Waals surface area (Å²) in [6.45, 7) is 5.86. The number of ether oxygens (including phenoxy) is 1. The molecule has 0 saturated heterocycles. The van der Waals surface area contributed by atoms with Crippen molar-refractivity contribution in [2.45, 2.75) is 58.1 Å². The lowest BCUT2D eigenvalue weighted by molar-refractivity contribution is -0.0980. The summed E-state index contributed by atoms with van der Waals surface area (Å²) >= 11 is 0. The molecule has 0 aromatic carbocycles. The highest BCUT2D eigenvalue weighted by Gasteiger charge is 2.48. The van der Waals surface area contributed by atoms with E-state index in [0.29, 0.717) is 17.6 Å². The summed E-state index contributed by atoms with van der Waals surface area (Å²) in [4.78, 5) is 0. The van der Waals surface area contributed by atoms with E-state index in [0.717, 1.165) is 5.92 Å². The van der Waals surface area contributed by atoms with Crippen LogP contribution in [0.5, 0.6) is 0 Å². The minimum Gasteiger partial charge on any atom is -0.381 e. The Kier molecular flexibility index (Phi) is 3.36. The molecule has 0 amide bonds. The molecule has 0 aliphatic heterocycles. The monoisotopic (exact) mass is 211 g/mol. The van der Waals surface area contributed by atoms with Gasteiger partial charge < -0.3 is 10.1 Å². The number of hydrogen-bond acceptors (Lipinski definition) is 2. The van der Waals surface area contributed by atoms with E-state index < -0.39 is 0 Å². The van der Waals surface area contributed by atoms with E-state index in [1.165, 1.54) is 38.6 Å². The Morgan fingerprint density at radius 1 is 1.27 bits per heavy atom. The zero-order valence-corrected chi connectivity index (χ0v) is 10.4. The summed E-state index contributed by atoms with van der Waals surface area (Å²) < 4.78 is 5.46. The third kappa shape index (κ3) is 2.21. The van der Waals surface area contributed by atoms with E-state index in [1.54, 1.807) is 0 Å². The average Bonchev–Trinajstić information content (AvgIpc) is 2.69. The van der Waals surface area contributed by atoms with Gasteiger partial charge in [0.15, 0.2) is 0 Å². The van der Waals surface area contributed by atoms with Crippen molar-refractivity contribution < 1.29 is 4.74 Å². The van der Waals surface area contributed by atoms with E-state index in [4.69, 9.17) is 4.74 Å².